The molecular weight excluding hydrogens is 371 g/mol. The van der Waals surface area contributed by atoms with Crippen molar-refractivity contribution < 1.29 is 18.8 Å². The molecule has 2 unspecified atom stereocenters. The third-order valence-electron chi connectivity index (χ3n) is 5.77. The summed E-state index contributed by atoms with van der Waals surface area (Å²) in [6, 6.07) is 4.21. The van der Waals surface area contributed by atoms with Crippen LogP contribution in [0.4, 0.5) is 4.39 Å². The molecule has 0 radical (unpaired) electrons. The maximum Gasteiger partial charge on any atom is 0.233 e. The van der Waals surface area contributed by atoms with Crippen molar-refractivity contribution in [1.29, 1.82) is 0 Å². The highest BCUT2D eigenvalue weighted by Crippen LogP contribution is 2.37. The van der Waals surface area contributed by atoms with Gasteiger partial charge in [0.1, 0.15) is 5.82 Å². The van der Waals surface area contributed by atoms with Crippen LogP contribution in [0.1, 0.15) is 24.8 Å². The lowest BCUT2D eigenvalue weighted by Crippen LogP contribution is -2.62. The number of allylic oxidation sites excluding steroid dienone is 2. The first-order valence-corrected chi connectivity index (χ1v) is 9.57. The van der Waals surface area contributed by atoms with Crippen LogP contribution in [0.25, 0.3) is 0 Å². The lowest BCUT2D eigenvalue weighted by Gasteiger charge is -2.43. The van der Waals surface area contributed by atoms with Gasteiger partial charge in [-0.25, -0.2) is 4.39 Å². The molecule has 2 atom stereocenters. The van der Waals surface area contributed by atoms with Gasteiger partial charge in [0, 0.05) is 30.1 Å². The van der Waals surface area contributed by atoms with Crippen molar-refractivity contribution >= 4 is 29.3 Å². The van der Waals surface area contributed by atoms with Gasteiger partial charge in [0.2, 0.25) is 17.7 Å². The van der Waals surface area contributed by atoms with Gasteiger partial charge in [0.05, 0.1) is 17.9 Å². The molecule has 1 aromatic carbocycles. The average molecular weight is 391 g/mol. The summed E-state index contributed by atoms with van der Waals surface area (Å²) < 4.78 is 13.8. The van der Waals surface area contributed by atoms with Gasteiger partial charge < -0.3 is 4.90 Å². The molecule has 27 heavy (non-hydrogen) atoms. The Morgan fingerprint density at radius 2 is 1.74 bits per heavy atom. The van der Waals surface area contributed by atoms with E-state index in [0.717, 1.165) is 0 Å². The van der Waals surface area contributed by atoms with Crippen molar-refractivity contribution in [3.63, 3.8) is 0 Å². The molecule has 0 aromatic heterocycles. The van der Waals surface area contributed by atoms with E-state index < -0.39 is 5.82 Å². The number of hydrogen-bond donors (Lipinski definition) is 0. The summed E-state index contributed by atoms with van der Waals surface area (Å²) in [5.74, 6) is -1.23. The fourth-order valence-electron chi connectivity index (χ4n) is 4.17. The largest absolute Gasteiger partial charge is 0.338 e. The Kier molecular flexibility index (Phi) is 4.76. The molecule has 2 aliphatic heterocycles. The number of carbonyl (C=O) groups excluding carboxylic acids is 3. The lowest BCUT2D eigenvalue weighted by atomic mass is 9.85. The van der Waals surface area contributed by atoms with E-state index >= 15 is 0 Å². The number of imide groups is 1. The van der Waals surface area contributed by atoms with Gasteiger partial charge in [0.15, 0.2) is 0 Å². The summed E-state index contributed by atoms with van der Waals surface area (Å²) in [6.45, 7) is 0.711. The molecular formula is C20H20ClFN2O3. The van der Waals surface area contributed by atoms with Crippen LogP contribution in [0.15, 0.2) is 30.4 Å². The third kappa shape index (κ3) is 3.16. The Balaban J connectivity index is 1.32. The molecule has 0 bridgehead atoms. The smallest absolute Gasteiger partial charge is 0.233 e. The SMILES string of the molecule is O=C(CCc1c(F)cccc1Cl)N1CC(N2C(=O)C3CC=CCC3C2=O)C1. The van der Waals surface area contributed by atoms with Crippen molar-refractivity contribution in [2.24, 2.45) is 11.8 Å². The van der Waals surface area contributed by atoms with Crippen LogP contribution in [-0.2, 0) is 20.8 Å². The minimum atomic E-state index is -0.415. The highest BCUT2D eigenvalue weighted by atomic mass is 35.5. The van der Waals surface area contributed by atoms with Gasteiger partial charge in [-0.05, 0) is 31.4 Å². The molecule has 7 heteroatoms. The zero-order valence-electron chi connectivity index (χ0n) is 14.7. The highest BCUT2D eigenvalue weighted by Gasteiger charge is 2.52. The van der Waals surface area contributed by atoms with Gasteiger partial charge >= 0.3 is 0 Å². The van der Waals surface area contributed by atoms with Crippen LogP contribution in [0.3, 0.4) is 0 Å². The first kappa shape index (κ1) is 18.2. The molecule has 1 aliphatic carbocycles. The van der Waals surface area contributed by atoms with Crippen molar-refractivity contribution in [2.75, 3.05) is 13.1 Å². The van der Waals surface area contributed by atoms with Gasteiger partial charge in [-0.3, -0.25) is 19.3 Å². The van der Waals surface area contributed by atoms with Crippen LogP contribution in [0.2, 0.25) is 5.02 Å². The second-order valence-corrected chi connectivity index (χ2v) is 7.76. The molecule has 3 amide bonds. The zero-order valence-corrected chi connectivity index (χ0v) is 15.5. The molecule has 4 rings (SSSR count). The normalized spacial score (nSPS) is 25.0. The van der Waals surface area contributed by atoms with E-state index in [4.69, 9.17) is 11.6 Å². The van der Waals surface area contributed by atoms with Gasteiger partial charge in [-0.15, -0.1) is 0 Å². The molecule has 2 fully saturated rings. The number of halogens is 2. The van der Waals surface area contributed by atoms with E-state index in [9.17, 15) is 18.8 Å². The van der Waals surface area contributed by atoms with E-state index in [1.807, 2.05) is 12.2 Å². The van der Waals surface area contributed by atoms with Crippen LogP contribution in [-0.4, -0.2) is 46.7 Å². The highest BCUT2D eigenvalue weighted by molar-refractivity contribution is 6.31. The number of carbonyl (C=O) groups is 3. The Morgan fingerprint density at radius 1 is 1.11 bits per heavy atom. The number of hydrogen-bond acceptors (Lipinski definition) is 3. The zero-order chi connectivity index (χ0) is 19.1. The summed E-state index contributed by atoms with van der Waals surface area (Å²) in [6.07, 6.45) is 5.52. The first-order chi connectivity index (χ1) is 13.0. The number of amides is 3. The summed E-state index contributed by atoms with van der Waals surface area (Å²) >= 11 is 5.99. The van der Waals surface area contributed by atoms with Crippen LogP contribution in [0.5, 0.6) is 0 Å². The Morgan fingerprint density at radius 3 is 2.33 bits per heavy atom. The average Bonchev–Trinajstić information content (AvgIpc) is 2.86. The third-order valence-corrected chi connectivity index (χ3v) is 6.13. The molecule has 0 N–H and O–H groups in total. The molecule has 2 heterocycles. The Labute approximate surface area is 161 Å². The second-order valence-electron chi connectivity index (χ2n) is 7.36. The van der Waals surface area contributed by atoms with Crippen LogP contribution in [0, 0.1) is 17.7 Å². The van der Waals surface area contributed by atoms with E-state index in [1.165, 1.54) is 17.0 Å². The molecule has 5 nitrogen and oxygen atoms in total. The second kappa shape index (κ2) is 7.08. The minimum Gasteiger partial charge on any atom is -0.338 e. The number of likely N-dealkylation sites (tertiary alicyclic amines) is 2. The monoisotopic (exact) mass is 390 g/mol. The predicted octanol–water partition coefficient (Wildman–Crippen LogP) is 2.57. The first-order valence-electron chi connectivity index (χ1n) is 9.20. The lowest BCUT2D eigenvalue weighted by molar-refractivity contribution is -0.152. The van der Waals surface area contributed by atoms with Crippen molar-refractivity contribution in [3.05, 3.63) is 46.8 Å². The molecule has 2 saturated heterocycles. The van der Waals surface area contributed by atoms with Crippen LogP contribution >= 0.6 is 11.6 Å². The van der Waals surface area contributed by atoms with Crippen LogP contribution < -0.4 is 0 Å². The molecule has 142 valence electrons. The summed E-state index contributed by atoms with van der Waals surface area (Å²) in [5.41, 5.74) is 0.339. The Bertz CT molecular complexity index is 788. The fraction of sp³-hybridized carbons (Fsp3) is 0.450. The number of benzene rings is 1. The standard InChI is InChI=1S/C20H20ClFN2O3/c21-16-6-3-7-17(22)15(16)8-9-18(25)23-10-12(11-23)24-19(26)13-4-1-2-5-14(13)20(24)27/h1-3,6-7,12-14H,4-5,8-11H2. The van der Waals surface area contributed by atoms with Crippen molar-refractivity contribution in [2.45, 2.75) is 31.7 Å². The summed E-state index contributed by atoms with van der Waals surface area (Å²) in [7, 11) is 0. The topological polar surface area (TPSA) is 57.7 Å². The Hall–Kier alpha value is -2.21. The number of fused-ring (bicyclic) bond motifs is 1. The number of nitrogens with zero attached hydrogens (tertiary/aromatic N) is 2. The quantitative estimate of drug-likeness (QED) is 0.586. The number of rotatable bonds is 4. The van der Waals surface area contributed by atoms with Crippen molar-refractivity contribution in [1.82, 2.24) is 9.80 Å². The maximum absolute atomic E-state index is 13.8. The fourth-order valence-corrected chi connectivity index (χ4v) is 4.43. The van der Waals surface area contributed by atoms with Crippen molar-refractivity contribution in [3.8, 4) is 0 Å². The predicted molar refractivity (Wildman–Crippen MR) is 97.3 cm³/mol. The summed E-state index contributed by atoms with van der Waals surface area (Å²) in [5, 5.41) is 0.314. The molecule has 3 aliphatic rings. The molecule has 1 aromatic rings. The van der Waals surface area contributed by atoms with E-state index in [-0.39, 0.29) is 48.4 Å². The molecule has 0 saturated carbocycles. The van der Waals surface area contributed by atoms with Gasteiger partial charge in [-0.1, -0.05) is 29.8 Å². The van der Waals surface area contributed by atoms with Gasteiger partial charge in [0.25, 0.3) is 0 Å². The van der Waals surface area contributed by atoms with E-state index in [0.29, 0.717) is 36.5 Å². The minimum absolute atomic E-state index is 0.107. The van der Waals surface area contributed by atoms with E-state index in [1.54, 1.807) is 11.0 Å². The summed E-state index contributed by atoms with van der Waals surface area (Å²) in [4.78, 5) is 40.5. The van der Waals surface area contributed by atoms with Gasteiger partial charge in [-0.2, -0.15) is 0 Å². The molecule has 0 spiro atoms. The van der Waals surface area contributed by atoms with E-state index in [2.05, 4.69) is 0 Å². The maximum atomic E-state index is 13.8.